The Morgan fingerprint density at radius 1 is 1.19 bits per heavy atom. The molecule has 0 aliphatic rings. The second-order valence-electron chi connectivity index (χ2n) is 5.75. The van der Waals surface area contributed by atoms with E-state index >= 15 is 0 Å². The largest absolute Gasteiger partial charge is 0.483 e. The van der Waals surface area contributed by atoms with E-state index < -0.39 is 10.0 Å². The van der Waals surface area contributed by atoms with Crippen molar-refractivity contribution in [3.8, 4) is 5.75 Å². The molecule has 0 heterocycles. The van der Waals surface area contributed by atoms with Crippen LogP contribution in [0.5, 0.6) is 5.75 Å². The van der Waals surface area contributed by atoms with Crippen LogP contribution in [0.1, 0.15) is 5.56 Å². The van der Waals surface area contributed by atoms with Gasteiger partial charge in [0.1, 0.15) is 5.75 Å². The number of nitrogens with zero attached hydrogens (tertiary/aromatic N) is 1. The number of ether oxygens (including phenoxy) is 1. The van der Waals surface area contributed by atoms with Gasteiger partial charge in [0, 0.05) is 19.8 Å². The summed E-state index contributed by atoms with van der Waals surface area (Å²) >= 11 is 0. The quantitative estimate of drug-likeness (QED) is 0.721. The zero-order valence-corrected chi connectivity index (χ0v) is 15.6. The monoisotopic (exact) mass is 374 g/mol. The number of hydrogen-bond acceptors (Lipinski definition) is 4. The molecular weight excluding hydrogens is 352 g/mol. The number of rotatable bonds is 8. The van der Waals surface area contributed by atoms with Gasteiger partial charge in [-0.3, -0.25) is 4.79 Å². The molecule has 0 spiro atoms. The van der Waals surface area contributed by atoms with Crippen molar-refractivity contribution in [1.82, 2.24) is 4.31 Å². The molecule has 0 fully saturated rings. The number of nitrogens with one attached hydrogen (secondary N) is 1. The number of carbonyl (C=O) groups is 1. The van der Waals surface area contributed by atoms with Crippen LogP contribution < -0.4 is 10.1 Å². The van der Waals surface area contributed by atoms with Crippen LogP contribution in [0.15, 0.2) is 66.1 Å². The first kappa shape index (κ1) is 19.7. The van der Waals surface area contributed by atoms with Crippen molar-refractivity contribution in [3.05, 3.63) is 66.7 Å². The number of sulfonamides is 1. The predicted octanol–water partition coefficient (Wildman–Crippen LogP) is 2.68. The highest BCUT2D eigenvalue weighted by Gasteiger charge is 2.17. The number of hydrogen-bond donors (Lipinski definition) is 1. The predicted molar refractivity (Wildman–Crippen MR) is 102 cm³/mol. The summed E-state index contributed by atoms with van der Waals surface area (Å²) in [5.74, 6) is 0.240. The Hall–Kier alpha value is -2.64. The molecular formula is C19H22N2O4S. The van der Waals surface area contributed by atoms with Crippen LogP contribution in [0.25, 0.3) is 0 Å². The number of carbonyl (C=O) groups excluding carboxylic acids is 1. The maximum absolute atomic E-state index is 12.2. The van der Waals surface area contributed by atoms with E-state index in [4.69, 9.17) is 4.74 Å². The summed E-state index contributed by atoms with van der Waals surface area (Å²) < 4.78 is 31.0. The van der Waals surface area contributed by atoms with Crippen molar-refractivity contribution in [2.45, 2.75) is 11.3 Å². The summed E-state index contributed by atoms with van der Waals surface area (Å²) in [5.41, 5.74) is 1.33. The third kappa shape index (κ3) is 4.93. The molecule has 0 aromatic heterocycles. The van der Waals surface area contributed by atoms with Gasteiger partial charge in [0.15, 0.2) is 6.61 Å². The Morgan fingerprint density at radius 3 is 2.62 bits per heavy atom. The molecule has 1 N–H and O–H groups in total. The molecule has 138 valence electrons. The Kier molecular flexibility index (Phi) is 6.54. The van der Waals surface area contributed by atoms with E-state index in [-0.39, 0.29) is 17.4 Å². The second kappa shape index (κ2) is 8.64. The second-order valence-corrected chi connectivity index (χ2v) is 7.90. The normalized spacial score (nSPS) is 11.2. The van der Waals surface area contributed by atoms with Crippen LogP contribution in [0.3, 0.4) is 0 Å². The van der Waals surface area contributed by atoms with Gasteiger partial charge in [0.25, 0.3) is 5.91 Å². The van der Waals surface area contributed by atoms with E-state index in [1.54, 1.807) is 24.3 Å². The Labute approximate surface area is 154 Å². The van der Waals surface area contributed by atoms with Gasteiger partial charge in [-0.1, -0.05) is 30.3 Å². The average Bonchev–Trinajstić information content (AvgIpc) is 2.61. The van der Waals surface area contributed by atoms with Crippen LogP contribution in [0, 0.1) is 0 Å². The molecule has 2 aromatic carbocycles. The molecule has 26 heavy (non-hydrogen) atoms. The van der Waals surface area contributed by atoms with Crippen LogP contribution in [0.4, 0.5) is 5.69 Å². The average molecular weight is 374 g/mol. The van der Waals surface area contributed by atoms with Crippen LogP contribution in [0.2, 0.25) is 0 Å². The van der Waals surface area contributed by atoms with Gasteiger partial charge in [-0.2, -0.15) is 0 Å². The van der Waals surface area contributed by atoms with E-state index in [1.165, 1.54) is 26.2 Å². The Bertz CT molecular complexity index is 892. The highest BCUT2D eigenvalue weighted by Crippen LogP contribution is 2.20. The zero-order valence-electron chi connectivity index (χ0n) is 14.8. The summed E-state index contributed by atoms with van der Waals surface area (Å²) in [5, 5.41) is 2.65. The lowest BCUT2D eigenvalue weighted by molar-refractivity contribution is -0.118. The van der Waals surface area contributed by atoms with Gasteiger partial charge in [-0.05, 0) is 36.2 Å². The zero-order chi connectivity index (χ0) is 19.2. The van der Waals surface area contributed by atoms with Crippen molar-refractivity contribution >= 4 is 21.6 Å². The highest BCUT2D eigenvalue weighted by atomic mass is 32.2. The Balaban J connectivity index is 2.04. The Morgan fingerprint density at radius 2 is 1.92 bits per heavy atom. The topological polar surface area (TPSA) is 75.7 Å². The first-order valence-electron chi connectivity index (χ1n) is 7.98. The molecule has 0 aliphatic carbocycles. The number of amides is 1. The SMILES string of the molecule is C=CCc1ccccc1OCC(=O)Nc1cccc(S(=O)(=O)N(C)C)c1. The summed E-state index contributed by atoms with van der Waals surface area (Å²) in [4.78, 5) is 12.2. The molecule has 0 bridgehead atoms. The first-order valence-corrected chi connectivity index (χ1v) is 9.42. The summed E-state index contributed by atoms with van der Waals surface area (Å²) in [7, 11) is -0.654. The lowest BCUT2D eigenvalue weighted by atomic mass is 10.1. The molecule has 2 rings (SSSR count). The fourth-order valence-corrected chi connectivity index (χ4v) is 3.20. The van der Waals surface area contributed by atoms with Gasteiger partial charge < -0.3 is 10.1 Å². The molecule has 6 nitrogen and oxygen atoms in total. The van der Waals surface area contributed by atoms with Gasteiger partial charge in [-0.25, -0.2) is 12.7 Å². The van der Waals surface area contributed by atoms with Crippen molar-refractivity contribution in [2.75, 3.05) is 26.0 Å². The van der Waals surface area contributed by atoms with Crippen LogP contribution >= 0.6 is 0 Å². The van der Waals surface area contributed by atoms with Gasteiger partial charge in [0.2, 0.25) is 10.0 Å². The number of anilines is 1. The molecule has 0 saturated carbocycles. The summed E-state index contributed by atoms with van der Waals surface area (Å²) in [6, 6.07) is 13.5. The molecule has 7 heteroatoms. The lowest BCUT2D eigenvalue weighted by Crippen LogP contribution is -2.23. The minimum Gasteiger partial charge on any atom is -0.483 e. The lowest BCUT2D eigenvalue weighted by Gasteiger charge is -2.13. The van der Waals surface area contributed by atoms with E-state index in [9.17, 15) is 13.2 Å². The number of allylic oxidation sites excluding steroid dienone is 1. The molecule has 0 atom stereocenters. The van der Waals surface area contributed by atoms with Crippen LogP contribution in [-0.2, 0) is 21.2 Å². The maximum atomic E-state index is 12.2. The summed E-state index contributed by atoms with van der Waals surface area (Å²) in [6.07, 6.45) is 2.40. The van der Waals surface area contributed by atoms with Gasteiger partial charge in [0.05, 0.1) is 4.90 Å². The molecule has 0 aliphatic heterocycles. The third-order valence-electron chi connectivity index (χ3n) is 3.59. The van der Waals surface area contributed by atoms with Gasteiger partial charge >= 0.3 is 0 Å². The van der Waals surface area contributed by atoms with Crippen molar-refractivity contribution in [2.24, 2.45) is 0 Å². The molecule has 0 saturated heterocycles. The maximum Gasteiger partial charge on any atom is 0.262 e. The van der Waals surface area contributed by atoms with Crippen molar-refractivity contribution in [1.29, 1.82) is 0 Å². The number of benzene rings is 2. The fourth-order valence-electron chi connectivity index (χ4n) is 2.25. The minimum absolute atomic E-state index is 0.109. The van der Waals surface area contributed by atoms with E-state index in [1.807, 2.05) is 18.2 Å². The van der Waals surface area contributed by atoms with Crippen molar-refractivity contribution < 1.29 is 17.9 Å². The van der Waals surface area contributed by atoms with E-state index in [2.05, 4.69) is 11.9 Å². The molecule has 0 radical (unpaired) electrons. The molecule has 1 amide bonds. The minimum atomic E-state index is -3.56. The molecule has 2 aromatic rings. The third-order valence-corrected chi connectivity index (χ3v) is 5.40. The standard InChI is InChI=1S/C19H22N2O4S/c1-4-8-15-9-5-6-12-18(15)25-14-19(22)20-16-10-7-11-17(13-16)26(23,24)21(2)3/h4-7,9-13H,1,8,14H2,2-3H3,(H,20,22). The van der Waals surface area contributed by atoms with E-state index in [0.717, 1.165) is 9.87 Å². The van der Waals surface area contributed by atoms with E-state index in [0.29, 0.717) is 17.9 Å². The summed E-state index contributed by atoms with van der Waals surface area (Å²) in [6.45, 7) is 3.52. The highest BCUT2D eigenvalue weighted by molar-refractivity contribution is 7.89. The van der Waals surface area contributed by atoms with Crippen molar-refractivity contribution in [3.63, 3.8) is 0 Å². The number of para-hydroxylation sites is 1. The smallest absolute Gasteiger partial charge is 0.262 e. The molecule has 0 unspecified atom stereocenters. The van der Waals surface area contributed by atoms with Crippen LogP contribution in [-0.4, -0.2) is 39.3 Å². The first-order chi connectivity index (χ1) is 12.3. The fraction of sp³-hybridized carbons (Fsp3) is 0.211. The van der Waals surface area contributed by atoms with Gasteiger partial charge in [-0.15, -0.1) is 6.58 Å².